The quantitative estimate of drug-likeness (QED) is 0.439. The van der Waals surface area contributed by atoms with Gasteiger partial charge in [-0.2, -0.15) is 0 Å². The van der Waals surface area contributed by atoms with Crippen LogP contribution in [0.4, 0.5) is 0 Å². The first-order valence-corrected chi connectivity index (χ1v) is 8.71. The number of nitrogens with zero attached hydrogens (tertiary/aromatic N) is 4. The van der Waals surface area contributed by atoms with Crippen LogP contribution < -0.4 is 0 Å². The Bertz CT molecular complexity index is 1200. The molecule has 0 saturated heterocycles. The van der Waals surface area contributed by atoms with Gasteiger partial charge in [-0.25, -0.2) is 9.97 Å². The summed E-state index contributed by atoms with van der Waals surface area (Å²) in [5.41, 5.74) is 3.84. The van der Waals surface area contributed by atoms with Gasteiger partial charge in [-0.15, -0.1) is 0 Å². The summed E-state index contributed by atoms with van der Waals surface area (Å²) in [7, 11) is 0. The summed E-state index contributed by atoms with van der Waals surface area (Å²) in [4.78, 5) is 17.4. The lowest BCUT2D eigenvalue weighted by Gasteiger charge is -2.01. The van der Waals surface area contributed by atoms with E-state index in [1.165, 1.54) is 6.39 Å². The number of benzene rings is 1. The monoisotopic (exact) mass is 366 g/mol. The molecule has 5 aromatic rings. The predicted octanol–water partition coefficient (Wildman–Crippen LogP) is 5.12. The van der Waals surface area contributed by atoms with E-state index in [9.17, 15) is 0 Å². The Kier molecular flexibility index (Phi) is 3.99. The van der Waals surface area contributed by atoms with Crippen LogP contribution in [0.1, 0.15) is 0 Å². The smallest absolute Gasteiger partial charge is 0.227 e. The standard InChI is InChI=1S/C22H14N4O2/c1-2-5-16(6-3-1)22-26-19(20(28-22)17-7-4-10-24-13-17)21-18(25-14-27-21)15-8-11-23-12-9-15/h1-14H. The Hall–Kier alpha value is -4.06. The summed E-state index contributed by atoms with van der Waals surface area (Å²) < 4.78 is 11.9. The minimum atomic E-state index is 0.506. The van der Waals surface area contributed by atoms with Gasteiger partial charge in [0.25, 0.3) is 0 Å². The highest BCUT2D eigenvalue weighted by molar-refractivity contribution is 5.83. The molecule has 1 aromatic carbocycles. The second kappa shape index (κ2) is 6.92. The van der Waals surface area contributed by atoms with Gasteiger partial charge in [-0.1, -0.05) is 18.2 Å². The van der Waals surface area contributed by atoms with E-state index in [-0.39, 0.29) is 0 Å². The van der Waals surface area contributed by atoms with Gasteiger partial charge in [0.05, 0.1) is 0 Å². The van der Waals surface area contributed by atoms with Crippen molar-refractivity contribution in [3.8, 4) is 45.5 Å². The summed E-state index contributed by atoms with van der Waals surface area (Å²) >= 11 is 0. The average Bonchev–Trinajstić information content (AvgIpc) is 3.43. The van der Waals surface area contributed by atoms with Crippen molar-refractivity contribution >= 4 is 0 Å². The Labute approximate surface area is 160 Å². The molecule has 6 nitrogen and oxygen atoms in total. The van der Waals surface area contributed by atoms with Crippen LogP contribution in [0.15, 0.2) is 94.6 Å². The molecule has 5 rings (SSSR count). The highest BCUT2D eigenvalue weighted by Crippen LogP contribution is 2.39. The fourth-order valence-corrected chi connectivity index (χ4v) is 3.00. The van der Waals surface area contributed by atoms with Gasteiger partial charge in [-0.05, 0) is 36.4 Å². The van der Waals surface area contributed by atoms with E-state index in [0.29, 0.717) is 28.8 Å². The minimum absolute atomic E-state index is 0.506. The van der Waals surface area contributed by atoms with Crippen molar-refractivity contribution in [2.24, 2.45) is 0 Å². The molecule has 6 heteroatoms. The van der Waals surface area contributed by atoms with Gasteiger partial charge in [0, 0.05) is 41.5 Å². The molecule has 0 fully saturated rings. The first-order valence-electron chi connectivity index (χ1n) is 8.71. The molecule has 0 aliphatic rings. The highest BCUT2D eigenvalue weighted by atomic mass is 16.4. The molecular formula is C22H14N4O2. The highest BCUT2D eigenvalue weighted by Gasteiger charge is 2.24. The molecule has 0 spiro atoms. The molecule has 4 aromatic heterocycles. The normalized spacial score (nSPS) is 10.9. The second-order valence-electron chi connectivity index (χ2n) is 6.07. The third-order valence-corrected chi connectivity index (χ3v) is 4.31. The maximum absolute atomic E-state index is 6.15. The van der Waals surface area contributed by atoms with Crippen molar-refractivity contribution < 1.29 is 8.83 Å². The zero-order valence-corrected chi connectivity index (χ0v) is 14.7. The fraction of sp³-hybridized carbons (Fsp3) is 0. The number of hydrogen-bond acceptors (Lipinski definition) is 6. The van der Waals surface area contributed by atoms with E-state index in [1.807, 2.05) is 54.6 Å². The van der Waals surface area contributed by atoms with Gasteiger partial charge in [0.1, 0.15) is 5.69 Å². The molecule has 4 heterocycles. The second-order valence-corrected chi connectivity index (χ2v) is 6.07. The van der Waals surface area contributed by atoms with Crippen LogP contribution in [0, 0.1) is 0 Å². The molecule has 0 unspecified atom stereocenters. The van der Waals surface area contributed by atoms with Gasteiger partial charge in [0.15, 0.2) is 23.6 Å². The number of hydrogen-bond donors (Lipinski definition) is 0. The van der Waals surface area contributed by atoms with Crippen LogP contribution in [0.2, 0.25) is 0 Å². The lowest BCUT2D eigenvalue weighted by atomic mass is 10.1. The number of oxazole rings is 2. The maximum Gasteiger partial charge on any atom is 0.227 e. The lowest BCUT2D eigenvalue weighted by molar-refractivity contribution is 0.568. The van der Waals surface area contributed by atoms with E-state index < -0.39 is 0 Å². The van der Waals surface area contributed by atoms with Gasteiger partial charge < -0.3 is 8.83 Å². The maximum atomic E-state index is 6.15. The molecule has 28 heavy (non-hydrogen) atoms. The van der Waals surface area contributed by atoms with Gasteiger partial charge in [-0.3, -0.25) is 9.97 Å². The Morgan fingerprint density at radius 2 is 1.46 bits per heavy atom. The summed E-state index contributed by atoms with van der Waals surface area (Å²) in [5.74, 6) is 1.63. The van der Waals surface area contributed by atoms with Crippen LogP contribution in [-0.2, 0) is 0 Å². The summed E-state index contributed by atoms with van der Waals surface area (Å²) in [5, 5.41) is 0. The number of aromatic nitrogens is 4. The number of pyridine rings is 2. The lowest BCUT2D eigenvalue weighted by Crippen LogP contribution is -1.86. The molecule has 134 valence electrons. The molecule has 0 radical (unpaired) electrons. The predicted molar refractivity (Wildman–Crippen MR) is 104 cm³/mol. The Morgan fingerprint density at radius 3 is 2.25 bits per heavy atom. The van der Waals surface area contributed by atoms with Crippen LogP contribution in [0.5, 0.6) is 0 Å². The molecule has 0 atom stereocenters. The first-order chi connectivity index (χ1) is 13.9. The Balaban J connectivity index is 1.72. The van der Waals surface area contributed by atoms with E-state index >= 15 is 0 Å². The molecule has 0 amide bonds. The van der Waals surface area contributed by atoms with Crippen molar-refractivity contribution in [1.29, 1.82) is 0 Å². The van der Waals surface area contributed by atoms with Gasteiger partial charge in [0.2, 0.25) is 5.89 Å². The third-order valence-electron chi connectivity index (χ3n) is 4.31. The van der Waals surface area contributed by atoms with Crippen LogP contribution in [0.3, 0.4) is 0 Å². The van der Waals surface area contributed by atoms with E-state index in [2.05, 4.69) is 15.0 Å². The average molecular weight is 366 g/mol. The van der Waals surface area contributed by atoms with Crippen molar-refractivity contribution in [3.05, 3.63) is 85.8 Å². The first kappa shape index (κ1) is 16.1. The molecule has 0 N–H and O–H groups in total. The molecule has 0 aliphatic carbocycles. The SMILES string of the molecule is c1ccc(-c2nc(-c3ocnc3-c3ccncc3)c(-c3cccnc3)o2)cc1. The van der Waals surface area contributed by atoms with E-state index in [0.717, 1.165) is 16.7 Å². The summed E-state index contributed by atoms with van der Waals surface area (Å²) in [6.07, 6.45) is 8.30. The van der Waals surface area contributed by atoms with E-state index in [1.54, 1.807) is 24.8 Å². The van der Waals surface area contributed by atoms with E-state index in [4.69, 9.17) is 13.8 Å². The molecular weight excluding hydrogens is 352 g/mol. The number of rotatable bonds is 4. The fourth-order valence-electron chi connectivity index (χ4n) is 3.00. The molecule has 0 saturated carbocycles. The molecule has 0 bridgehead atoms. The van der Waals surface area contributed by atoms with Crippen LogP contribution >= 0.6 is 0 Å². The largest absolute Gasteiger partial charge is 0.441 e. The van der Waals surface area contributed by atoms with Crippen molar-refractivity contribution in [1.82, 2.24) is 19.9 Å². The minimum Gasteiger partial charge on any atom is -0.441 e. The third kappa shape index (κ3) is 2.87. The van der Waals surface area contributed by atoms with Crippen LogP contribution in [-0.4, -0.2) is 19.9 Å². The zero-order valence-electron chi connectivity index (χ0n) is 14.7. The van der Waals surface area contributed by atoms with Crippen molar-refractivity contribution in [2.45, 2.75) is 0 Å². The van der Waals surface area contributed by atoms with Crippen LogP contribution in [0.25, 0.3) is 45.5 Å². The van der Waals surface area contributed by atoms with Crippen molar-refractivity contribution in [2.75, 3.05) is 0 Å². The summed E-state index contributed by atoms with van der Waals surface area (Å²) in [6.45, 7) is 0. The molecule has 0 aliphatic heterocycles. The summed E-state index contributed by atoms with van der Waals surface area (Å²) in [6, 6.07) is 17.3. The topological polar surface area (TPSA) is 77.8 Å². The van der Waals surface area contributed by atoms with Crippen molar-refractivity contribution in [3.63, 3.8) is 0 Å². The zero-order chi connectivity index (χ0) is 18.8. The Morgan fingerprint density at radius 1 is 0.643 bits per heavy atom. The van der Waals surface area contributed by atoms with Gasteiger partial charge >= 0.3 is 0 Å².